The molecule has 0 atom stereocenters. The fraction of sp³-hybridized carbons (Fsp3) is 0.125. The SMILES string of the molecule is Cc1nc(Nc2ncnc(NNC(=O)c3ccccc3Br)c2[N+](=O)[O-])sc1C. The number of amides is 1. The molecule has 0 fully saturated rings. The maximum atomic E-state index is 12.3. The van der Waals surface area contributed by atoms with Gasteiger partial charge in [0.15, 0.2) is 5.13 Å². The van der Waals surface area contributed by atoms with Gasteiger partial charge < -0.3 is 5.32 Å². The zero-order chi connectivity index (χ0) is 20.3. The maximum absolute atomic E-state index is 12.3. The van der Waals surface area contributed by atoms with Gasteiger partial charge in [-0.05, 0) is 41.9 Å². The minimum Gasteiger partial charge on any atom is -0.310 e. The molecule has 10 nitrogen and oxygen atoms in total. The number of thiazole rings is 1. The van der Waals surface area contributed by atoms with Crippen LogP contribution < -0.4 is 16.2 Å². The Labute approximate surface area is 171 Å². The first-order valence-electron chi connectivity index (χ1n) is 7.88. The highest BCUT2D eigenvalue weighted by atomic mass is 79.9. The molecular weight excluding hydrogens is 450 g/mol. The Morgan fingerprint density at radius 3 is 2.57 bits per heavy atom. The van der Waals surface area contributed by atoms with Gasteiger partial charge in [0.1, 0.15) is 6.33 Å². The number of benzene rings is 1. The molecule has 12 heteroatoms. The molecule has 3 rings (SSSR count). The smallest absolute Gasteiger partial charge is 0.310 e. The van der Waals surface area contributed by atoms with Crippen molar-refractivity contribution in [2.75, 3.05) is 10.7 Å². The third-order valence-electron chi connectivity index (χ3n) is 3.67. The van der Waals surface area contributed by atoms with Crippen LogP contribution in [0.2, 0.25) is 0 Å². The third kappa shape index (κ3) is 4.23. The molecule has 0 spiro atoms. The quantitative estimate of drug-likeness (QED) is 0.371. The highest BCUT2D eigenvalue weighted by Gasteiger charge is 2.24. The van der Waals surface area contributed by atoms with E-state index in [0.717, 1.165) is 16.9 Å². The summed E-state index contributed by atoms with van der Waals surface area (Å²) in [7, 11) is 0. The number of halogens is 1. The number of carbonyl (C=O) groups excluding carboxylic acids is 1. The molecule has 0 aliphatic carbocycles. The molecule has 28 heavy (non-hydrogen) atoms. The Morgan fingerprint density at radius 1 is 1.21 bits per heavy atom. The van der Waals surface area contributed by atoms with E-state index >= 15 is 0 Å². The van der Waals surface area contributed by atoms with Crippen molar-refractivity contribution in [2.24, 2.45) is 0 Å². The van der Waals surface area contributed by atoms with Gasteiger partial charge in [0.2, 0.25) is 11.6 Å². The summed E-state index contributed by atoms with van der Waals surface area (Å²) in [5, 5.41) is 14.9. The van der Waals surface area contributed by atoms with Crippen molar-refractivity contribution in [3.05, 3.63) is 61.3 Å². The lowest BCUT2D eigenvalue weighted by molar-refractivity contribution is -0.383. The van der Waals surface area contributed by atoms with Crippen molar-refractivity contribution in [1.82, 2.24) is 20.4 Å². The molecule has 0 aliphatic heterocycles. The first-order chi connectivity index (χ1) is 13.4. The number of hydrazine groups is 1. The predicted octanol–water partition coefficient (Wildman–Crippen LogP) is 3.72. The molecule has 0 saturated carbocycles. The Balaban J connectivity index is 1.84. The van der Waals surface area contributed by atoms with E-state index in [1.807, 2.05) is 13.8 Å². The lowest BCUT2D eigenvalue weighted by Crippen LogP contribution is -2.30. The molecule has 0 radical (unpaired) electrons. The molecule has 2 heterocycles. The highest BCUT2D eigenvalue weighted by Crippen LogP contribution is 2.32. The fourth-order valence-corrected chi connectivity index (χ4v) is 3.47. The van der Waals surface area contributed by atoms with Crippen LogP contribution in [0.5, 0.6) is 0 Å². The monoisotopic (exact) mass is 463 g/mol. The molecule has 3 aromatic rings. The predicted molar refractivity (Wildman–Crippen MR) is 109 cm³/mol. The summed E-state index contributed by atoms with van der Waals surface area (Å²) in [6.45, 7) is 3.74. The van der Waals surface area contributed by atoms with Gasteiger partial charge in [0, 0.05) is 9.35 Å². The van der Waals surface area contributed by atoms with Gasteiger partial charge in [-0.15, -0.1) is 11.3 Å². The number of nitro groups is 1. The van der Waals surface area contributed by atoms with Crippen LogP contribution >= 0.6 is 27.3 Å². The number of hydrogen-bond acceptors (Lipinski definition) is 9. The van der Waals surface area contributed by atoms with Crippen molar-refractivity contribution >= 4 is 55.6 Å². The molecule has 2 aromatic heterocycles. The highest BCUT2D eigenvalue weighted by molar-refractivity contribution is 9.10. The molecule has 1 aromatic carbocycles. The number of carbonyl (C=O) groups is 1. The normalized spacial score (nSPS) is 10.4. The molecule has 144 valence electrons. The van der Waals surface area contributed by atoms with Gasteiger partial charge in [0.25, 0.3) is 5.91 Å². The van der Waals surface area contributed by atoms with E-state index in [1.165, 1.54) is 11.3 Å². The number of anilines is 3. The Bertz CT molecular complexity index is 1040. The van der Waals surface area contributed by atoms with Crippen LogP contribution in [-0.4, -0.2) is 25.8 Å². The van der Waals surface area contributed by atoms with Crippen molar-refractivity contribution < 1.29 is 9.72 Å². The summed E-state index contributed by atoms with van der Waals surface area (Å²) >= 11 is 4.63. The topological polar surface area (TPSA) is 135 Å². The average molecular weight is 464 g/mol. The van der Waals surface area contributed by atoms with Crippen LogP contribution in [0.25, 0.3) is 0 Å². The van der Waals surface area contributed by atoms with E-state index in [0.29, 0.717) is 15.2 Å². The largest absolute Gasteiger partial charge is 0.355 e. The second-order valence-corrected chi connectivity index (χ2v) is 7.58. The van der Waals surface area contributed by atoms with E-state index in [9.17, 15) is 14.9 Å². The summed E-state index contributed by atoms with van der Waals surface area (Å²) in [4.78, 5) is 36.3. The van der Waals surface area contributed by atoms with Crippen LogP contribution in [0, 0.1) is 24.0 Å². The Kier molecular flexibility index (Phi) is 5.80. The van der Waals surface area contributed by atoms with Gasteiger partial charge in [0.05, 0.1) is 16.2 Å². The molecule has 0 saturated heterocycles. The number of rotatable bonds is 6. The van der Waals surface area contributed by atoms with E-state index in [4.69, 9.17) is 0 Å². The number of aromatic nitrogens is 3. The van der Waals surface area contributed by atoms with Crippen molar-refractivity contribution in [3.63, 3.8) is 0 Å². The van der Waals surface area contributed by atoms with E-state index < -0.39 is 16.5 Å². The molecular formula is C16H14BrN7O3S. The third-order valence-corrected chi connectivity index (χ3v) is 5.35. The molecule has 0 unspecified atom stereocenters. The van der Waals surface area contributed by atoms with Gasteiger partial charge in [-0.25, -0.2) is 15.0 Å². The van der Waals surface area contributed by atoms with Gasteiger partial charge in [-0.3, -0.25) is 25.8 Å². The van der Waals surface area contributed by atoms with Gasteiger partial charge in [-0.1, -0.05) is 12.1 Å². The minimum atomic E-state index is -0.636. The van der Waals surface area contributed by atoms with E-state index in [-0.39, 0.29) is 11.6 Å². The summed E-state index contributed by atoms with van der Waals surface area (Å²) < 4.78 is 0.586. The first kappa shape index (κ1) is 19.6. The van der Waals surface area contributed by atoms with Crippen LogP contribution in [-0.2, 0) is 0 Å². The number of nitrogens with one attached hydrogen (secondary N) is 3. The number of aryl methyl sites for hydroxylation is 2. The zero-order valence-corrected chi connectivity index (χ0v) is 17.1. The summed E-state index contributed by atoms with van der Waals surface area (Å²) in [5.74, 6) is -0.680. The zero-order valence-electron chi connectivity index (χ0n) is 14.7. The van der Waals surface area contributed by atoms with Crippen LogP contribution in [0.1, 0.15) is 20.9 Å². The van der Waals surface area contributed by atoms with Crippen molar-refractivity contribution in [3.8, 4) is 0 Å². The van der Waals surface area contributed by atoms with Crippen molar-refractivity contribution in [1.29, 1.82) is 0 Å². The number of nitrogens with zero attached hydrogens (tertiary/aromatic N) is 4. The maximum Gasteiger partial charge on any atom is 0.355 e. The second-order valence-electron chi connectivity index (χ2n) is 5.52. The van der Waals surface area contributed by atoms with Crippen LogP contribution in [0.15, 0.2) is 35.1 Å². The molecule has 0 aliphatic rings. The molecule has 3 N–H and O–H groups in total. The minimum absolute atomic E-state index is 0.0357. The van der Waals surface area contributed by atoms with E-state index in [1.54, 1.807) is 24.3 Å². The molecule has 0 bridgehead atoms. The average Bonchev–Trinajstić information content (AvgIpc) is 2.97. The summed E-state index contributed by atoms with van der Waals surface area (Å²) in [5.41, 5.74) is 5.66. The van der Waals surface area contributed by atoms with Gasteiger partial charge >= 0.3 is 5.69 Å². The lowest BCUT2D eigenvalue weighted by atomic mass is 10.2. The number of hydrogen-bond donors (Lipinski definition) is 3. The molecule has 1 amide bonds. The summed E-state index contributed by atoms with van der Waals surface area (Å²) in [6.07, 6.45) is 1.15. The van der Waals surface area contributed by atoms with E-state index in [2.05, 4.69) is 47.1 Å². The fourth-order valence-electron chi connectivity index (χ4n) is 2.19. The van der Waals surface area contributed by atoms with Crippen LogP contribution in [0.4, 0.5) is 22.5 Å². The lowest BCUT2D eigenvalue weighted by Gasteiger charge is -2.10. The van der Waals surface area contributed by atoms with Gasteiger partial charge in [-0.2, -0.15) is 0 Å². The first-order valence-corrected chi connectivity index (χ1v) is 9.49. The van der Waals surface area contributed by atoms with Crippen molar-refractivity contribution in [2.45, 2.75) is 13.8 Å². The summed E-state index contributed by atoms with van der Waals surface area (Å²) in [6, 6.07) is 6.79. The Morgan fingerprint density at radius 2 is 1.93 bits per heavy atom. The van der Waals surface area contributed by atoms with Crippen LogP contribution in [0.3, 0.4) is 0 Å². The second kappa shape index (κ2) is 8.27. The standard InChI is InChI=1S/C16H14BrN7O3S/c1-8-9(2)28-16(20-8)21-13-12(24(26)27)14(19-7-18-13)22-23-15(25)10-5-3-4-6-11(10)17/h3-7H,1-2H3,(H,23,25)(H2,18,19,20,21,22). The Hall–Kier alpha value is -3.12.